The quantitative estimate of drug-likeness (QED) is 0.815. The molecule has 0 atom stereocenters. The minimum atomic E-state index is -0.555. The lowest BCUT2D eigenvalue weighted by molar-refractivity contribution is -0.130. The van der Waals surface area contributed by atoms with Gasteiger partial charge in [-0.25, -0.2) is 4.79 Å². The van der Waals surface area contributed by atoms with Gasteiger partial charge in [0, 0.05) is 20.0 Å². The summed E-state index contributed by atoms with van der Waals surface area (Å²) in [5, 5.41) is 3.09. The van der Waals surface area contributed by atoms with Crippen LogP contribution in [0.3, 0.4) is 0 Å². The molecule has 0 radical (unpaired) electrons. The number of rotatable bonds is 7. The van der Waals surface area contributed by atoms with Crippen LogP contribution in [-0.4, -0.2) is 49.2 Å². The molecule has 7 heteroatoms. The molecule has 0 aliphatic rings. The average Bonchev–Trinajstić information content (AvgIpc) is 2.47. The van der Waals surface area contributed by atoms with E-state index in [9.17, 15) is 9.59 Å². The van der Waals surface area contributed by atoms with Crippen LogP contribution in [0.25, 0.3) is 0 Å². The van der Waals surface area contributed by atoms with Gasteiger partial charge < -0.3 is 19.7 Å². The van der Waals surface area contributed by atoms with Gasteiger partial charge in [-0.2, -0.15) is 0 Å². The van der Waals surface area contributed by atoms with E-state index in [1.165, 1.54) is 0 Å². The third-order valence-electron chi connectivity index (χ3n) is 2.95. The number of benzene rings is 1. The molecule has 0 bridgehead atoms. The predicted octanol–water partition coefficient (Wildman–Crippen LogP) is 3.09. The molecule has 0 aliphatic carbocycles. The molecule has 24 heavy (non-hydrogen) atoms. The van der Waals surface area contributed by atoms with Crippen LogP contribution in [0.2, 0.25) is 5.02 Å². The van der Waals surface area contributed by atoms with Crippen molar-refractivity contribution < 1.29 is 19.1 Å². The number of carbonyl (C=O) groups excluding carboxylic acids is 2. The van der Waals surface area contributed by atoms with Gasteiger partial charge in [-0.05, 0) is 32.9 Å². The highest BCUT2D eigenvalue weighted by Crippen LogP contribution is 2.22. The summed E-state index contributed by atoms with van der Waals surface area (Å²) >= 11 is 5.99. The number of carbonyl (C=O) groups is 2. The minimum absolute atomic E-state index is 0.0891. The lowest BCUT2D eigenvalue weighted by Gasteiger charge is -2.20. The summed E-state index contributed by atoms with van der Waals surface area (Å²) in [6, 6.07) is 7.17. The second kappa shape index (κ2) is 9.37. The first-order chi connectivity index (χ1) is 11.2. The van der Waals surface area contributed by atoms with Crippen molar-refractivity contribution in [2.45, 2.75) is 32.8 Å². The molecular weight excluding hydrogens is 332 g/mol. The molecule has 0 saturated carbocycles. The highest BCUT2D eigenvalue weighted by molar-refractivity contribution is 6.32. The zero-order chi connectivity index (χ0) is 18.2. The lowest BCUT2D eigenvalue weighted by atomic mass is 10.2. The fourth-order valence-corrected chi connectivity index (χ4v) is 1.95. The highest BCUT2D eigenvalue weighted by atomic mass is 35.5. The Morgan fingerprint density at radius 1 is 1.25 bits per heavy atom. The molecule has 2 amide bonds. The molecule has 0 saturated heterocycles. The Morgan fingerprint density at radius 3 is 2.54 bits per heavy atom. The van der Waals surface area contributed by atoms with E-state index in [2.05, 4.69) is 5.32 Å². The Hall–Kier alpha value is -1.95. The normalized spacial score (nSPS) is 10.9. The fourth-order valence-electron chi connectivity index (χ4n) is 1.76. The predicted molar refractivity (Wildman–Crippen MR) is 93.4 cm³/mol. The standard InChI is InChI=1S/C17H25ClN2O4/c1-17(2,3)24-16(22)19-10-9-15(21)20(4)11-12-23-14-8-6-5-7-13(14)18/h5-8H,9-12H2,1-4H3,(H,19,22). The number of amides is 2. The summed E-state index contributed by atoms with van der Waals surface area (Å²) in [7, 11) is 1.69. The van der Waals surface area contributed by atoms with E-state index in [0.29, 0.717) is 23.9 Å². The number of nitrogens with one attached hydrogen (secondary N) is 1. The molecule has 6 nitrogen and oxygen atoms in total. The summed E-state index contributed by atoms with van der Waals surface area (Å²) in [5.41, 5.74) is -0.555. The van der Waals surface area contributed by atoms with E-state index >= 15 is 0 Å². The Morgan fingerprint density at radius 2 is 1.92 bits per heavy atom. The first kappa shape index (κ1) is 20.1. The zero-order valence-corrected chi connectivity index (χ0v) is 15.4. The van der Waals surface area contributed by atoms with Gasteiger partial charge in [0.15, 0.2) is 0 Å². The van der Waals surface area contributed by atoms with Gasteiger partial charge >= 0.3 is 6.09 Å². The van der Waals surface area contributed by atoms with Gasteiger partial charge in [0.05, 0.1) is 11.6 Å². The maximum absolute atomic E-state index is 12.0. The Balaban J connectivity index is 2.23. The van der Waals surface area contributed by atoms with Crippen LogP contribution in [0.1, 0.15) is 27.2 Å². The number of alkyl carbamates (subject to hydrolysis) is 1. The highest BCUT2D eigenvalue weighted by Gasteiger charge is 2.16. The van der Waals surface area contributed by atoms with Gasteiger partial charge in [0.1, 0.15) is 18.0 Å². The second-order valence-electron chi connectivity index (χ2n) is 6.27. The van der Waals surface area contributed by atoms with E-state index in [4.69, 9.17) is 21.1 Å². The van der Waals surface area contributed by atoms with Crippen molar-refractivity contribution in [3.05, 3.63) is 29.3 Å². The minimum Gasteiger partial charge on any atom is -0.490 e. The van der Waals surface area contributed by atoms with Crippen LogP contribution >= 0.6 is 11.6 Å². The number of hydrogen-bond acceptors (Lipinski definition) is 4. The van der Waals surface area contributed by atoms with Gasteiger partial charge in [-0.1, -0.05) is 23.7 Å². The Bertz CT molecular complexity index is 558. The van der Waals surface area contributed by atoms with Crippen molar-refractivity contribution in [1.29, 1.82) is 0 Å². The summed E-state index contributed by atoms with van der Waals surface area (Å²) in [4.78, 5) is 25.0. The van der Waals surface area contributed by atoms with Crippen molar-refractivity contribution >= 4 is 23.6 Å². The first-order valence-electron chi connectivity index (χ1n) is 7.77. The largest absolute Gasteiger partial charge is 0.490 e. The molecule has 1 N–H and O–H groups in total. The third-order valence-corrected chi connectivity index (χ3v) is 3.27. The van der Waals surface area contributed by atoms with Crippen LogP contribution in [0.15, 0.2) is 24.3 Å². The molecule has 134 valence electrons. The van der Waals surface area contributed by atoms with Crippen LogP contribution < -0.4 is 10.1 Å². The maximum Gasteiger partial charge on any atom is 0.407 e. The van der Waals surface area contributed by atoms with Gasteiger partial charge in [-0.3, -0.25) is 4.79 Å². The molecule has 1 aromatic rings. The molecule has 0 unspecified atom stereocenters. The van der Waals surface area contributed by atoms with E-state index in [1.807, 2.05) is 12.1 Å². The number of hydrogen-bond donors (Lipinski definition) is 1. The average molecular weight is 357 g/mol. The van der Waals surface area contributed by atoms with Crippen LogP contribution in [0.5, 0.6) is 5.75 Å². The van der Waals surface area contributed by atoms with Crippen LogP contribution in [-0.2, 0) is 9.53 Å². The number of para-hydroxylation sites is 1. The Kier molecular flexibility index (Phi) is 7.85. The van der Waals surface area contributed by atoms with E-state index in [1.54, 1.807) is 44.9 Å². The van der Waals surface area contributed by atoms with E-state index in [-0.39, 0.29) is 18.9 Å². The van der Waals surface area contributed by atoms with Crippen molar-refractivity contribution in [2.24, 2.45) is 0 Å². The van der Waals surface area contributed by atoms with Gasteiger partial charge in [-0.15, -0.1) is 0 Å². The molecule has 0 heterocycles. The van der Waals surface area contributed by atoms with Crippen LogP contribution in [0, 0.1) is 0 Å². The third kappa shape index (κ3) is 8.06. The summed E-state index contributed by atoms with van der Waals surface area (Å²) in [6.07, 6.45) is -0.332. The molecule has 1 rings (SSSR count). The smallest absolute Gasteiger partial charge is 0.407 e. The molecule has 0 spiro atoms. The van der Waals surface area contributed by atoms with Crippen molar-refractivity contribution in [3.63, 3.8) is 0 Å². The summed E-state index contributed by atoms with van der Waals surface area (Å²) in [6.45, 7) is 6.34. The molecule has 1 aromatic carbocycles. The van der Waals surface area contributed by atoms with Crippen molar-refractivity contribution in [1.82, 2.24) is 10.2 Å². The van der Waals surface area contributed by atoms with Crippen molar-refractivity contribution in [3.8, 4) is 5.75 Å². The molecule has 0 aromatic heterocycles. The number of likely N-dealkylation sites (N-methyl/N-ethyl adjacent to an activating group) is 1. The summed E-state index contributed by atoms with van der Waals surface area (Å²) < 4.78 is 10.6. The van der Waals surface area contributed by atoms with Gasteiger partial charge in [0.25, 0.3) is 0 Å². The van der Waals surface area contributed by atoms with E-state index in [0.717, 1.165) is 0 Å². The second-order valence-corrected chi connectivity index (χ2v) is 6.68. The Labute approximate surface area is 148 Å². The molecule has 0 aliphatic heterocycles. The molecular formula is C17H25ClN2O4. The number of ether oxygens (including phenoxy) is 2. The number of nitrogens with zero attached hydrogens (tertiary/aromatic N) is 1. The monoisotopic (exact) mass is 356 g/mol. The first-order valence-corrected chi connectivity index (χ1v) is 8.15. The fraction of sp³-hybridized carbons (Fsp3) is 0.529. The zero-order valence-electron chi connectivity index (χ0n) is 14.6. The SMILES string of the molecule is CN(CCOc1ccccc1Cl)C(=O)CCNC(=O)OC(C)(C)C. The maximum atomic E-state index is 12.0. The van der Waals surface area contributed by atoms with E-state index < -0.39 is 11.7 Å². The van der Waals surface area contributed by atoms with Crippen molar-refractivity contribution in [2.75, 3.05) is 26.7 Å². The molecule has 0 fully saturated rings. The summed E-state index contributed by atoms with van der Waals surface area (Å²) in [5.74, 6) is 0.500. The lowest BCUT2D eigenvalue weighted by Crippen LogP contribution is -2.36. The topological polar surface area (TPSA) is 67.9 Å². The number of halogens is 1. The van der Waals surface area contributed by atoms with Gasteiger partial charge in [0.2, 0.25) is 5.91 Å². The van der Waals surface area contributed by atoms with Crippen LogP contribution in [0.4, 0.5) is 4.79 Å².